The van der Waals surface area contributed by atoms with Gasteiger partial charge in [0.1, 0.15) is 0 Å². The molecule has 0 aliphatic rings. The van der Waals surface area contributed by atoms with Gasteiger partial charge in [0.2, 0.25) is 0 Å². The van der Waals surface area contributed by atoms with Crippen LogP contribution in [0.3, 0.4) is 0 Å². The summed E-state index contributed by atoms with van der Waals surface area (Å²) in [6.45, 7) is 0. The molecule has 0 radical (unpaired) electrons. The number of benzene rings is 4. The first-order valence-corrected chi connectivity index (χ1v) is 10.0. The molecule has 0 aliphatic carbocycles. The molecule has 2 aromatic heterocycles. The van der Waals surface area contributed by atoms with E-state index in [2.05, 4.69) is 96.5 Å². The molecule has 27 heavy (non-hydrogen) atoms. The topological polar surface area (TPSA) is 4.93 Å². The van der Waals surface area contributed by atoms with Crippen LogP contribution in [0.15, 0.2) is 84.9 Å². The van der Waals surface area contributed by atoms with Crippen molar-refractivity contribution in [1.29, 1.82) is 0 Å². The molecular formula is C25H17NS. The Labute approximate surface area is 161 Å². The van der Waals surface area contributed by atoms with Gasteiger partial charge in [-0.1, -0.05) is 66.7 Å². The molecule has 2 heteroatoms. The molecule has 0 bridgehead atoms. The molecule has 0 unspecified atom stereocenters. The molecule has 0 saturated heterocycles. The monoisotopic (exact) mass is 363 g/mol. The third-order valence-corrected chi connectivity index (χ3v) is 6.75. The summed E-state index contributed by atoms with van der Waals surface area (Å²) in [5.74, 6) is 0. The number of fused-ring (bicyclic) bond motifs is 7. The molecule has 0 amide bonds. The Kier molecular flexibility index (Phi) is 3.03. The number of aromatic nitrogens is 1. The van der Waals surface area contributed by atoms with Gasteiger partial charge in [-0.2, -0.15) is 0 Å². The van der Waals surface area contributed by atoms with Crippen molar-refractivity contribution in [2.75, 3.05) is 0 Å². The molecule has 0 atom stereocenters. The summed E-state index contributed by atoms with van der Waals surface area (Å²) in [5, 5.41) is 5.42. The third kappa shape index (κ3) is 1.99. The van der Waals surface area contributed by atoms with Crippen LogP contribution in [0, 0.1) is 0 Å². The summed E-state index contributed by atoms with van der Waals surface area (Å²) in [5.41, 5.74) is 5.20. The van der Waals surface area contributed by atoms with E-state index in [9.17, 15) is 0 Å². The molecule has 0 N–H and O–H groups in total. The lowest BCUT2D eigenvalue weighted by molar-refractivity contribution is 1.02. The highest BCUT2D eigenvalue weighted by atomic mass is 32.1. The maximum absolute atomic E-state index is 2.37. The minimum Gasteiger partial charge on any atom is -0.343 e. The Balaban J connectivity index is 1.87. The van der Waals surface area contributed by atoms with E-state index in [1.165, 1.54) is 53.1 Å². The smallest absolute Gasteiger partial charge is 0.0583 e. The maximum atomic E-state index is 2.37. The number of hydrogen-bond donors (Lipinski definition) is 0. The van der Waals surface area contributed by atoms with E-state index in [1.54, 1.807) is 0 Å². The van der Waals surface area contributed by atoms with Crippen LogP contribution in [-0.2, 0) is 7.05 Å². The van der Waals surface area contributed by atoms with Crippen molar-refractivity contribution in [3.05, 3.63) is 84.9 Å². The van der Waals surface area contributed by atoms with E-state index in [0.29, 0.717) is 0 Å². The van der Waals surface area contributed by atoms with Gasteiger partial charge in [0.25, 0.3) is 0 Å². The molecule has 0 spiro atoms. The van der Waals surface area contributed by atoms with Crippen LogP contribution < -0.4 is 0 Å². The number of hydrogen-bond acceptors (Lipinski definition) is 1. The molecule has 2 heterocycles. The van der Waals surface area contributed by atoms with Crippen LogP contribution >= 0.6 is 11.3 Å². The zero-order valence-corrected chi connectivity index (χ0v) is 15.8. The second-order valence-electron chi connectivity index (χ2n) is 7.06. The fraction of sp³-hybridized carbons (Fsp3) is 0.0400. The van der Waals surface area contributed by atoms with Crippen LogP contribution in [0.2, 0.25) is 0 Å². The largest absolute Gasteiger partial charge is 0.343 e. The lowest BCUT2D eigenvalue weighted by Gasteiger charge is -2.04. The van der Waals surface area contributed by atoms with Gasteiger partial charge in [-0.25, -0.2) is 0 Å². The van der Waals surface area contributed by atoms with Crippen LogP contribution in [0.1, 0.15) is 0 Å². The van der Waals surface area contributed by atoms with Gasteiger partial charge in [-0.05, 0) is 29.3 Å². The van der Waals surface area contributed by atoms with Crippen molar-refractivity contribution in [2.24, 2.45) is 7.05 Å². The van der Waals surface area contributed by atoms with Crippen molar-refractivity contribution in [2.45, 2.75) is 0 Å². The quantitative estimate of drug-likeness (QED) is 0.287. The highest BCUT2D eigenvalue weighted by Crippen LogP contribution is 2.43. The van der Waals surface area contributed by atoms with Crippen molar-refractivity contribution >= 4 is 53.3 Å². The minimum atomic E-state index is 1.27. The molecule has 0 aliphatic heterocycles. The van der Waals surface area contributed by atoms with Crippen molar-refractivity contribution < 1.29 is 0 Å². The van der Waals surface area contributed by atoms with Gasteiger partial charge in [0.05, 0.1) is 5.52 Å². The lowest BCUT2D eigenvalue weighted by atomic mass is 9.99. The molecule has 6 aromatic rings. The zero-order chi connectivity index (χ0) is 18.0. The highest BCUT2D eigenvalue weighted by molar-refractivity contribution is 7.26. The molecule has 0 saturated carbocycles. The summed E-state index contributed by atoms with van der Waals surface area (Å²) in [4.78, 5) is 0. The minimum absolute atomic E-state index is 1.27. The lowest BCUT2D eigenvalue weighted by Crippen LogP contribution is -1.87. The standard InChI is InChI=1S/C25H17NS/c1-26-20-12-7-11-17(16-8-3-2-4-9-16)23(20)19-14-15-22-24(25(19)26)18-10-5-6-13-21(18)27-22/h2-15H,1H3. The number of thiophene rings is 1. The van der Waals surface area contributed by atoms with Crippen molar-refractivity contribution in [3.63, 3.8) is 0 Å². The number of aryl methyl sites for hydroxylation is 1. The fourth-order valence-electron chi connectivity index (χ4n) is 4.43. The summed E-state index contributed by atoms with van der Waals surface area (Å²) in [7, 11) is 2.20. The average molecular weight is 363 g/mol. The first-order valence-electron chi connectivity index (χ1n) is 9.20. The SMILES string of the molecule is Cn1c2cccc(-c3ccccc3)c2c2ccc3sc4ccccc4c3c21. The van der Waals surface area contributed by atoms with E-state index >= 15 is 0 Å². The van der Waals surface area contributed by atoms with Crippen LogP contribution in [0.4, 0.5) is 0 Å². The van der Waals surface area contributed by atoms with E-state index in [4.69, 9.17) is 0 Å². The van der Waals surface area contributed by atoms with Gasteiger partial charge in [-0.3, -0.25) is 0 Å². The van der Waals surface area contributed by atoms with Crippen LogP contribution in [0.25, 0.3) is 53.1 Å². The zero-order valence-electron chi connectivity index (χ0n) is 14.9. The van der Waals surface area contributed by atoms with Gasteiger partial charge in [0, 0.05) is 43.5 Å². The molecule has 0 fully saturated rings. The predicted octanol–water partition coefficient (Wildman–Crippen LogP) is 7.37. The Morgan fingerprint density at radius 1 is 0.630 bits per heavy atom. The summed E-state index contributed by atoms with van der Waals surface area (Å²) < 4.78 is 5.09. The summed E-state index contributed by atoms with van der Waals surface area (Å²) in [6.07, 6.45) is 0. The Bertz CT molecular complexity index is 1470. The third-order valence-electron chi connectivity index (χ3n) is 5.61. The van der Waals surface area contributed by atoms with Gasteiger partial charge < -0.3 is 4.57 Å². The molecule has 4 aromatic carbocycles. The van der Waals surface area contributed by atoms with E-state index < -0.39 is 0 Å². The van der Waals surface area contributed by atoms with Gasteiger partial charge in [0.15, 0.2) is 0 Å². The molecule has 128 valence electrons. The van der Waals surface area contributed by atoms with Crippen LogP contribution in [0.5, 0.6) is 0 Å². The Hall–Kier alpha value is -3.10. The second kappa shape index (κ2) is 5.45. The maximum Gasteiger partial charge on any atom is 0.0583 e. The number of nitrogens with zero attached hydrogens (tertiary/aromatic N) is 1. The van der Waals surface area contributed by atoms with Crippen LogP contribution in [-0.4, -0.2) is 4.57 Å². The summed E-state index contributed by atoms with van der Waals surface area (Å²) >= 11 is 1.88. The molecule has 1 nitrogen and oxygen atoms in total. The van der Waals surface area contributed by atoms with Crippen molar-refractivity contribution in [3.8, 4) is 11.1 Å². The predicted molar refractivity (Wildman–Crippen MR) is 119 cm³/mol. The van der Waals surface area contributed by atoms with Gasteiger partial charge in [-0.15, -0.1) is 11.3 Å². The Morgan fingerprint density at radius 2 is 1.44 bits per heavy atom. The molecular weight excluding hydrogens is 346 g/mol. The first-order chi connectivity index (χ1) is 13.3. The first kappa shape index (κ1) is 15.0. The normalized spacial score (nSPS) is 11.9. The molecule has 6 rings (SSSR count). The average Bonchev–Trinajstić information content (AvgIpc) is 3.24. The van der Waals surface area contributed by atoms with Gasteiger partial charge >= 0.3 is 0 Å². The Morgan fingerprint density at radius 3 is 2.33 bits per heavy atom. The highest BCUT2D eigenvalue weighted by Gasteiger charge is 2.17. The van der Waals surface area contributed by atoms with E-state index in [0.717, 1.165) is 0 Å². The van der Waals surface area contributed by atoms with E-state index in [-0.39, 0.29) is 0 Å². The van der Waals surface area contributed by atoms with Crippen molar-refractivity contribution in [1.82, 2.24) is 4.57 Å². The summed E-state index contributed by atoms with van der Waals surface area (Å²) in [6, 6.07) is 30.7. The van der Waals surface area contributed by atoms with E-state index in [1.807, 2.05) is 11.3 Å². The number of rotatable bonds is 1. The second-order valence-corrected chi connectivity index (χ2v) is 8.14. The fourth-order valence-corrected chi connectivity index (χ4v) is 5.54.